The molecule has 2 aliphatic heterocycles. The van der Waals surface area contributed by atoms with E-state index in [0.717, 1.165) is 50.3 Å². The van der Waals surface area contributed by atoms with Gasteiger partial charge in [-0.15, -0.1) is 0 Å². The van der Waals surface area contributed by atoms with Gasteiger partial charge in [0.15, 0.2) is 0 Å². The third-order valence-electron chi connectivity index (χ3n) is 8.08. The lowest BCUT2D eigenvalue weighted by molar-refractivity contribution is -0.0370. The van der Waals surface area contributed by atoms with Crippen LogP contribution in [-0.2, 0) is 4.74 Å². The van der Waals surface area contributed by atoms with Crippen LogP contribution in [0.2, 0.25) is 10.0 Å². The largest absolute Gasteiger partial charge is 0.370 e. The molecular weight excluding hydrogens is 471 g/mol. The number of nitrogens with zero attached hydrogens (tertiary/aromatic N) is 3. The van der Waals surface area contributed by atoms with Crippen LogP contribution < -0.4 is 21.1 Å². The number of rotatable bonds is 5. The molecule has 0 aromatic carbocycles. The van der Waals surface area contributed by atoms with Crippen molar-refractivity contribution < 1.29 is 4.74 Å². The van der Waals surface area contributed by atoms with Crippen molar-refractivity contribution in [2.24, 2.45) is 5.92 Å². The monoisotopic (exact) mass is 502 g/mol. The second-order valence-electron chi connectivity index (χ2n) is 10.3. The van der Waals surface area contributed by atoms with Crippen LogP contribution in [-0.4, -0.2) is 47.3 Å². The summed E-state index contributed by atoms with van der Waals surface area (Å²) in [7, 11) is 0. The summed E-state index contributed by atoms with van der Waals surface area (Å²) in [5, 5.41) is 4.78. The summed E-state index contributed by atoms with van der Waals surface area (Å²) in [5.41, 5.74) is 9.47. The molecule has 0 amide bonds. The highest BCUT2D eigenvalue weighted by molar-refractivity contribution is 6.35. The first-order valence-corrected chi connectivity index (χ1v) is 13.2. The van der Waals surface area contributed by atoms with Crippen molar-refractivity contribution in [3.8, 4) is 0 Å². The molecule has 4 heterocycles. The van der Waals surface area contributed by atoms with Crippen LogP contribution >= 0.6 is 23.2 Å². The number of nitrogens with one attached hydrogen (secondary N) is 3. The number of aromatic nitrogens is 2. The first-order chi connectivity index (χ1) is 16.5. The number of hydrogen-bond donors (Lipinski definition) is 3. The molecule has 3 N–H and O–H groups in total. The Balaban J connectivity index is 1.12. The van der Waals surface area contributed by atoms with Crippen LogP contribution in [0.15, 0.2) is 30.7 Å². The minimum atomic E-state index is -0.180. The third kappa shape index (κ3) is 4.43. The summed E-state index contributed by atoms with van der Waals surface area (Å²) in [6.45, 7) is 5.14. The molecule has 7 nitrogen and oxygen atoms in total. The molecule has 6 rings (SSSR count). The van der Waals surface area contributed by atoms with E-state index in [-0.39, 0.29) is 18.2 Å². The fraction of sp³-hybridized carbons (Fsp3) is 0.600. The number of hydrazine groups is 1. The molecule has 5 atom stereocenters. The summed E-state index contributed by atoms with van der Waals surface area (Å²) < 4.78 is 6.47. The molecule has 0 bridgehead atoms. The van der Waals surface area contributed by atoms with Gasteiger partial charge < -0.3 is 15.0 Å². The molecule has 2 saturated carbocycles. The number of ether oxygens (including phenoxy) is 1. The number of anilines is 1. The van der Waals surface area contributed by atoms with Gasteiger partial charge in [0.2, 0.25) is 0 Å². The molecule has 2 aliphatic carbocycles. The van der Waals surface area contributed by atoms with Crippen molar-refractivity contribution in [3.05, 3.63) is 51.9 Å². The van der Waals surface area contributed by atoms with Gasteiger partial charge in [-0.05, 0) is 56.6 Å². The number of fused-ring (bicyclic) bond motifs is 1. The molecule has 4 fully saturated rings. The highest BCUT2D eigenvalue weighted by atomic mass is 35.5. The number of hydrogen-bond acceptors (Lipinski definition) is 7. The van der Waals surface area contributed by atoms with Crippen LogP contribution in [0.1, 0.15) is 62.3 Å². The van der Waals surface area contributed by atoms with E-state index < -0.39 is 0 Å². The predicted molar refractivity (Wildman–Crippen MR) is 134 cm³/mol. The molecule has 9 heteroatoms. The Bertz CT molecular complexity index is 1010. The number of halogens is 2. The van der Waals surface area contributed by atoms with Gasteiger partial charge >= 0.3 is 0 Å². The molecule has 182 valence electrons. The van der Waals surface area contributed by atoms with Crippen molar-refractivity contribution in [2.75, 3.05) is 24.5 Å². The van der Waals surface area contributed by atoms with Crippen LogP contribution in [0.4, 0.5) is 5.82 Å². The van der Waals surface area contributed by atoms with Crippen LogP contribution in [0.3, 0.4) is 0 Å². The summed E-state index contributed by atoms with van der Waals surface area (Å²) in [4.78, 5) is 11.4. The van der Waals surface area contributed by atoms with Gasteiger partial charge in [0.1, 0.15) is 5.82 Å². The van der Waals surface area contributed by atoms with E-state index >= 15 is 0 Å². The SMILES string of the molecule is C[C@@H](OC1CCC2NNC(c3ccc(N4CCNC5(CC5)C4)nc3)C2C1)c1c(Cl)cncc1Cl. The normalized spacial score (nSPS) is 30.9. The molecular formula is C25H32Cl2N6O. The summed E-state index contributed by atoms with van der Waals surface area (Å²) in [6.07, 6.45) is 10.9. The van der Waals surface area contributed by atoms with E-state index in [0.29, 0.717) is 27.5 Å². The van der Waals surface area contributed by atoms with Gasteiger partial charge in [-0.1, -0.05) is 29.3 Å². The molecule has 4 unspecified atom stereocenters. The zero-order valence-electron chi connectivity index (χ0n) is 19.4. The van der Waals surface area contributed by atoms with Crippen LogP contribution in [0, 0.1) is 5.92 Å². The lowest BCUT2D eigenvalue weighted by Crippen LogP contribution is -2.52. The maximum atomic E-state index is 6.47. The first kappa shape index (κ1) is 23.0. The highest BCUT2D eigenvalue weighted by Crippen LogP contribution is 2.42. The Morgan fingerprint density at radius 3 is 2.68 bits per heavy atom. The van der Waals surface area contributed by atoms with E-state index in [9.17, 15) is 0 Å². The van der Waals surface area contributed by atoms with E-state index in [4.69, 9.17) is 32.9 Å². The van der Waals surface area contributed by atoms with Crippen molar-refractivity contribution in [3.63, 3.8) is 0 Å². The molecule has 2 saturated heterocycles. The quantitative estimate of drug-likeness (QED) is 0.565. The van der Waals surface area contributed by atoms with Crippen molar-refractivity contribution in [1.82, 2.24) is 26.1 Å². The third-order valence-corrected chi connectivity index (χ3v) is 8.68. The van der Waals surface area contributed by atoms with Crippen molar-refractivity contribution in [1.29, 1.82) is 0 Å². The zero-order valence-corrected chi connectivity index (χ0v) is 20.9. The van der Waals surface area contributed by atoms with Gasteiger partial charge in [-0.25, -0.2) is 10.4 Å². The first-order valence-electron chi connectivity index (χ1n) is 12.4. The van der Waals surface area contributed by atoms with Crippen molar-refractivity contribution in [2.45, 2.75) is 68.9 Å². The Labute approximate surface area is 210 Å². The maximum absolute atomic E-state index is 6.47. The maximum Gasteiger partial charge on any atom is 0.128 e. The molecule has 34 heavy (non-hydrogen) atoms. The second kappa shape index (κ2) is 9.19. The Morgan fingerprint density at radius 1 is 1.12 bits per heavy atom. The van der Waals surface area contributed by atoms with Gasteiger partial charge in [0.25, 0.3) is 0 Å². The standard InChI is InChI=1S/C25H32Cl2N6O/c1-15(23-19(26)12-28-13-20(23)27)34-17-3-4-21-18(10-17)24(32-31-21)16-2-5-22(29-11-16)33-9-8-30-25(14-33)6-7-25/h2,5,11-13,15,17-18,21,24,30-32H,3-4,6-10,14H2,1H3/t15-,17?,18?,21?,24?/m1/s1. The topological polar surface area (TPSA) is 74.3 Å². The molecule has 2 aromatic rings. The fourth-order valence-electron chi connectivity index (χ4n) is 6.04. The predicted octanol–water partition coefficient (Wildman–Crippen LogP) is 4.19. The van der Waals surface area contributed by atoms with E-state index in [2.05, 4.69) is 44.4 Å². The Hall–Kier alpha value is -1.48. The van der Waals surface area contributed by atoms with Gasteiger partial charge in [0, 0.05) is 55.4 Å². The molecule has 4 aliphatic rings. The second-order valence-corrected chi connectivity index (χ2v) is 11.2. The number of piperazine rings is 1. The van der Waals surface area contributed by atoms with Gasteiger partial charge in [0.05, 0.1) is 28.3 Å². The van der Waals surface area contributed by atoms with E-state index in [1.165, 1.54) is 18.4 Å². The fourth-order valence-corrected chi connectivity index (χ4v) is 6.72. The van der Waals surface area contributed by atoms with Crippen LogP contribution in [0.5, 0.6) is 0 Å². The average Bonchev–Trinajstić information content (AvgIpc) is 3.44. The zero-order chi connectivity index (χ0) is 23.3. The van der Waals surface area contributed by atoms with E-state index in [1.807, 2.05) is 6.92 Å². The minimum Gasteiger partial charge on any atom is -0.370 e. The summed E-state index contributed by atoms with van der Waals surface area (Å²) >= 11 is 12.7. The summed E-state index contributed by atoms with van der Waals surface area (Å²) in [6, 6.07) is 5.10. The Kier molecular flexibility index (Phi) is 6.20. The highest BCUT2D eigenvalue weighted by Gasteiger charge is 2.46. The lowest BCUT2D eigenvalue weighted by atomic mass is 9.78. The molecule has 1 spiro atoms. The van der Waals surface area contributed by atoms with Crippen molar-refractivity contribution >= 4 is 29.0 Å². The molecule has 2 aromatic heterocycles. The lowest BCUT2D eigenvalue weighted by Gasteiger charge is -2.35. The van der Waals surface area contributed by atoms with Gasteiger partial charge in [-0.2, -0.15) is 0 Å². The summed E-state index contributed by atoms with van der Waals surface area (Å²) in [5.74, 6) is 1.53. The smallest absolute Gasteiger partial charge is 0.128 e. The average molecular weight is 503 g/mol. The minimum absolute atomic E-state index is 0.156. The van der Waals surface area contributed by atoms with E-state index in [1.54, 1.807) is 12.4 Å². The molecule has 0 radical (unpaired) electrons. The van der Waals surface area contributed by atoms with Crippen LogP contribution in [0.25, 0.3) is 0 Å². The van der Waals surface area contributed by atoms with Gasteiger partial charge in [-0.3, -0.25) is 10.4 Å². The number of pyridine rings is 2. The Morgan fingerprint density at radius 2 is 1.94 bits per heavy atom.